The van der Waals surface area contributed by atoms with Crippen molar-refractivity contribution in [1.82, 2.24) is 0 Å². The van der Waals surface area contributed by atoms with Gasteiger partial charge >= 0.3 is 5.97 Å². The maximum absolute atomic E-state index is 10.9. The third-order valence-corrected chi connectivity index (χ3v) is 1.97. The van der Waals surface area contributed by atoms with Crippen molar-refractivity contribution < 1.29 is 24.1 Å². The molecule has 5 nitrogen and oxygen atoms in total. The fourth-order valence-electron chi connectivity index (χ4n) is 0.981. The molecule has 3 unspecified atom stereocenters. The first-order valence-corrected chi connectivity index (χ1v) is 5.66. The van der Waals surface area contributed by atoms with Crippen LogP contribution in [0, 0.1) is 0 Å². The van der Waals surface area contributed by atoms with Gasteiger partial charge in [-0.2, -0.15) is 0 Å². The van der Waals surface area contributed by atoms with Crippen molar-refractivity contribution >= 4 is 5.97 Å². The molecule has 0 fully saturated rings. The molecule has 0 saturated carbocycles. The van der Waals surface area contributed by atoms with Crippen LogP contribution in [0.2, 0.25) is 0 Å². The Hall–Kier alpha value is -0.910. The molecule has 17 heavy (non-hydrogen) atoms. The number of rotatable bonds is 9. The summed E-state index contributed by atoms with van der Waals surface area (Å²) in [5, 5.41) is 8.76. The van der Waals surface area contributed by atoms with E-state index in [4.69, 9.17) is 19.3 Å². The van der Waals surface area contributed by atoms with Gasteiger partial charge < -0.3 is 19.3 Å². The highest BCUT2D eigenvalue weighted by Gasteiger charge is 2.10. The zero-order chi connectivity index (χ0) is 13.3. The number of ether oxygens (including phenoxy) is 3. The van der Waals surface area contributed by atoms with Crippen molar-refractivity contribution in [2.24, 2.45) is 0 Å². The van der Waals surface area contributed by atoms with Crippen LogP contribution in [0.15, 0.2) is 12.7 Å². The molecule has 5 heteroatoms. The summed E-state index contributed by atoms with van der Waals surface area (Å²) < 4.78 is 15.6. The lowest BCUT2D eigenvalue weighted by Gasteiger charge is -2.18. The van der Waals surface area contributed by atoms with Gasteiger partial charge in [0.2, 0.25) is 0 Å². The molecule has 0 saturated heterocycles. The molecular formula is C12H22O5. The fraction of sp³-hybridized carbons (Fsp3) is 0.750. The summed E-state index contributed by atoms with van der Waals surface area (Å²) >= 11 is 0. The number of hydrogen-bond acceptors (Lipinski definition) is 5. The number of aliphatic hydroxyl groups excluding tert-OH is 1. The first kappa shape index (κ1) is 16.1. The van der Waals surface area contributed by atoms with Gasteiger partial charge in [-0.25, -0.2) is 4.79 Å². The highest BCUT2D eigenvalue weighted by molar-refractivity contribution is 5.81. The Bertz CT molecular complexity index is 229. The van der Waals surface area contributed by atoms with E-state index in [0.29, 0.717) is 13.2 Å². The third-order valence-electron chi connectivity index (χ3n) is 1.97. The van der Waals surface area contributed by atoms with E-state index < -0.39 is 5.97 Å². The van der Waals surface area contributed by atoms with Gasteiger partial charge in [-0.15, -0.1) is 0 Å². The van der Waals surface area contributed by atoms with E-state index in [2.05, 4.69) is 6.58 Å². The van der Waals surface area contributed by atoms with Crippen LogP contribution in [0.25, 0.3) is 0 Å². The molecule has 0 amide bonds. The number of carbonyl (C=O) groups excluding carboxylic acids is 1. The standard InChI is InChI=1S/C12H22O5/c1-5-12(14)17-11(4)8-16-10(3)7-15-9(2)6-13/h5,9-11,13H,1,6-8H2,2-4H3. The van der Waals surface area contributed by atoms with E-state index in [1.54, 1.807) is 13.8 Å². The second-order valence-electron chi connectivity index (χ2n) is 3.92. The van der Waals surface area contributed by atoms with E-state index >= 15 is 0 Å². The normalized spacial score (nSPS) is 16.0. The molecule has 0 aromatic rings. The summed E-state index contributed by atoms with van der Waals surface area (Å²) in [4.78, 5) is 10.9. The van der Waals surface area contributed by atoms with Gasteiger partial charge in [-0.05, 0) is 20.8 Å². The Kier molecular flexibility index (Phi) is 8.66. The van der Waals surface area contributed by atoms with Crippen LogP contribution >= 0.6 is 0 Å². The van der Waals surface area contributed by atoms with Crippen molar-refractivity contribution in [3.8, 4) is 0 Å². The van der Waals surface area contributed by atoms with Crippen LogP contribution in [0.3, 0.4) is 0 Å². The lowest BCUT2D eigenvalue weighted by atomic mass is 10.4. The molecule has 100 valence electrons. The first-order valence-electron chi connectivity index (χ1n) is 5.66. The molecule has 0 aromatic carbocycles. The largest absolute Gasteiger partial charge is 0.457 e. The summed E-state index contributed by atoms with van der Waals surface area (Å²) in [5.74, 6) is -0.459. The smallest absolute Gasteiger partial charge is 0.330 e. The minimum Gasteiger partial charge on any atom is -0.457 e. The average Bonchev–Trinajstić information content (AvgIpc) is 2.32. The monoisotopic (exact) mass is 246 g/mol. The molecule has 0 heterocycles. The summed E-state index contributed by atoms with van der Waals surface area (Å²) in [5.41, 5.74) is 0. The number of hydrogen-bond donors (Lipinski definition) is 1. The summed E-state index contributed by atoms with van der Waals surface area (Å²) in [6.45, 7) is 9.36. The topological polar surface area (TPSA) is 65.0 Å². The predicted molar refractivity (Wildman–Crippen MR) is 63.7 cm³/mol. The van der Waals surface area contributed by atoms with E-state index in [9.17, 15) is 4.79 Å². The minimum atomic E-state index is -0.459. The quantitative estimate of drug-likeness (QED) is 0.484. The molecule has 0 aliphatic heterocycles. The predicted octanol–water partition coefficient (Wildman–Crippen LogP) is 0.907. The van der Waals surface area contributed by atoms with E-state index in [1.807, 2.05) is 6.92 Å². The second-order valence-corrected chi connectivity index (χ2v) is 3.92. The zero-order valence-electron chi connectivity index (χ0n) is 10.7. The molecule has 0 radical (unpaired) electrons. The molecule has 0 bridgehead atoms. The highest BCUT2D eigenvalue weighted by atomic mass is 16.6. The summed E-state index contributed by atoms with van der Waals surface area (Å²) in [6, 6.07) is 0. The van der Waals surface area contributed by atoms with Gasteiger partial charge in [0.15, 0.2) is 0 Å². The van der Waals surface area contributed by atoms with Gasteiger partial charge in [0.05, 0.1) is 32.0 Å². The first-order chi connectivity index (χ1) is 7.99. The molecule has 3 atom stereocenters. The van der Waals surface area contributed by atoms with E-state index in [0.717, 1.165) is 6.08 Å². The highest BCUT2D eigenvalue weighted by Crippen LogP contribution is 2.00. The molecule has 0 aliphatic rings. The van der Waals surface area contributed by atoms with Crippen molar-refractivity contribution in [2.75, 3.05) is 19.8 Å². The van der Waals surface area contributed by atoms with Gasteiger partial charge in [0.1, 0.15) is 6.10 Å². The van der Waals surface area contributed by atoms with E-state index in [-0.39, 0.29) is 24.9 Å². The van der Waals surface area contributed by atoms with Crippen molar-refractivity contribution in [2.45, 2.75) is 39.1 Å². The lowest BCUT2D eigenvalue weighted by molar-refractivity contribution is -0.147. The molecule has 0 rings (SSSR count). The maximum Gasteiger partial charge on any atom is 0.330 e. The average molecular weight is 246 g/mol. The van der Waals surface area contributed by atoms with Crippen LogP contribution in [-0.4, -0.2) is 49.2 Å². The lowest BCUT2D eigenvalue weighted by Crippen LogP contribution is -2.26. The van der Waals surface area contributed by atoms with Crippen molar-refractivity contribution in [3.63, 3.8) is 0 Å². The van der Waals surface area contributed by atoms with Crippen LogP contribution < -0.4 is 0 Å². The Labute approximate surface area is 102 Å². The van der Waals surface area contributed by atoms with E-state index in [1.165, 1.54) is 0 Å². The molecule has 0 aromatic heterocycles. The Morgan fingerprint density at radius 3 is 2.24 bits per heavy atom. The van der Waals surface area contributed by atoms with Gasteiger partial charge in [-0.1, -0.05) is 6.58 Å². The number of carbonyl (C=O) groups is 1. The SMILES string of the molecule is C=CC(=O)OC(C)COC(C)COC(C)CO. The third kappa shape index (κ3) is 8.85. The Morgan fingerprint density at radius 1 is 1.18 bits per heavy atom. The minimum absolute atomic E-state index is 0.0138. The summed E-state index contributed by atoms with van der Waals surface area (Å²) in [6.07, 6.45) is 0.482. The second kappa shape index (κ2) is 9.15. The molecule has 0 spiro atoms. The van der Waals surface area contributed by atoms with Crippen LogP contribution in [0.4, 0.5) is 0 Å². The number of esters is 1. The van der Waals surface area contributed by atoms with Crippen LogP contribution in [0.5, 0.6) is 0 Å². The zero-order valence-corrected chi connectivity index (χ0v) is 10.7. The van der Waals surface area contributed by atoms with Gasteiger partial charge in [0.25, 0.3) is 0 Å². The Morgan fingerprint density at radius 2 is 1.71 bits per heavy atom. The molecule has 1 N–H and O–H groups in total. The van der Waals surface area contributed by atoms with Crippen molar-refractivity contribution in [1.29, 1.82) is 0 Å². The van der Waals surface area contributed by atoms with Gasteiger partial charge in [-0.3, -0.25) is 0 Å². The van der Waals surface area contributed by atoms with Crippen LogP contribution in [-0.2, 0) is 19.0 Å². The fourth-order valence-corrected chi connectivity index (χ4v) is 0.981. The Balaban J connectivity index is 3.65. The van der Waals surface area contributed by atoms with Gasteiger partial charge in [0, 0.05) is 6.08 Å². The number of aliphatic hydroxyl groups is 1. The molecule has 0 aliphatic carbocycles. The summed E-state index contributed by atoms with van der Waals surface area (Å²) in [7, 11) is 0. The van der Waals surface area contributed by atoms with Crippen LogP contribution in [0.1, 0.15) is 20.8 Å². The molecular weight excluding hydrogens is 224 g/mol. The van der Waals surface area contributed by atoms with Crippen molar-refractivity contribution in [3.05, 3.63) is 12.7 Å². The maximum atomic E-state index is 10.9.